The van der Waals surface area contributed by atoms with Crippen LogP contribution in [0.15, 0.2) is 24.3 Å². The van der Waals surface area contributed by atoms with Crippen molar-refractivity contribution in [2.24, 2.45) is 0 Å². The van der Waals surface area contributed by atoms with Crippen molar-refractivity contribution in [2.45, 2.75) is 19.9 Å². The van der Waals surface area contributed by atoms with E-state index in [-0.39, 0.29) is 12.5 Å². The molecule has 0 aromatic heterocycles. The molecule has 0 amide bonds. The van der Waals surface area contributed by atoms with Crippen LogP contribution in [0.4, 0.5) is 0 Å². The SMILES string of the molecule is C/C=C/CCNCc1cc2c(cc1O)OCO2. The zero-order valence-corrected chi connectivity index (χ0v) is 9.90. The molecule has 0 radical (unpaired) electrons. The number of phenolic OH excluding ortho intramolecular Hbond substituents is 1. The van der Waals surface area contributed by atoms with Crippen LogP contribution in [0, 0.1) is 0 Å². The molecule has 0 bridgehead atoms. The van der Waals surface area contributed by atoms with Gasteiger partial charge in [0.2, 0.25) is 6.79 Å². The molecule has 17 heavy (non-hydrogen) atoms. The number of rotatable bonds is 5. The summed E-state index contributed by atoms with van der Waals surface area (Å²) in [4.78, 5) is 0. The lowest BCUT2D eigenvalue weighted by Gasteiger charge is -2.07. The fraction of sp³-hybridized carbons (Fsp3) is 0.385. The van der Waals surface area contributed by atoms with E-state index in [1.807, 2.05) is 19.1 Å². The molecular weight excluding hydrogens is 218 g/mol. The van der Waals surface area contributed by atoms with Gasteiger partial charge in [-0.05, 0) is 26.0 Å². The van der Waals surface area contributed by atoms with Gasteiger partial charge in [-0.2, -0.15) is 0 Å². The number of fused-ring (bicyclic) bond motifs is 1. The monoisotopic (exact) mass is 235 g/mol. The normalized spacial score (nSPS) is 13.5. The number of hydrogen-bond donors (Lipinski definition) is 2. The number of aromatic hydroxyl groups is 1. The van der Waals surface area contributed by atoms with Crippen LogP contribution in [0.25, 0.3) is 0 Å². The first kappa shape index (κ1) is 11.8. The van der Waals surface area contributed by atoms with Crippen molar-refractivity contribution in [3.63, 3.8) is 0 Å². The van der Waals surface area contributed by atoms with Crippen LogP contribution in [-0.2, 0) is 6.54 Å². The molecule has 0 spiro atoms. The topological polar surface area (TPSA) is 50.7 Å². The predicted molar refractivity (Wildman–Crippen MR) is 65.4 cm³/mol. The van der Waals surface area contributed by atoms with E-state index in [0.29, 0.717) is 18.0 Å². The lowest BCUT2D eigenvalue weighted by atomic mass is 10.1. The second-order valence-corrected chi connectivity index (χ2v) is 3.87. The zero-order chi connectivity index (χ0) is 12.1. The van der Waals surface area contributed by atoms with Gasteiger partial charge in [0, 0.05) is 18.2 Å². The minimum absolute atomic E-state index is 0.229. The molecule has 0 saturated heterocycles. The Bertz CT molecular complexity index is 415. The molecule has 1 aromatic carbocycles. The average molecular weight is 235 g/mol. The summed E-state index contributed by atoms with van der Waals surface area (Å²) >= 11 is 0. The Morgan fingerprint density at radius 3 is 2.88 bits per heavy atom. The maximum atomic E-state index is 9.79. The summed E-state index contributed by atoms with van der Waals surface area (Å²) in [5.74, 6) is 1.56. The molecule has 1 aliphatic heterocycles. The summed E-state index contributed by atoms with van der Waals surface area (Å²) in [6.07, 6.45) is 5.12. The lowest BCUT2D eigenvalue weighted by Crippen LogP contribution is -2.14. The fourth-order valence-electron chi connectivity index (χ4n) is 1.69. The Balaban J connectivity index is 1.92. The highest BCUT2D eigenvalue weighted by molar-refractivity contribution is 5.51. The largest absolute Gasteiger partial charge is 0.507 e. The van der Waals surface area contributed by atoms with E-state index < -0.39 is 0 Å². The first-order valence-electron chi connectivity index (χ1n) is 5.74. The number of hydrogen-bond acceptors (Lipinski definition) is 4. The lowest BCUT2D eigenvalue weighted by molar-refractivity contribution is 0.174. The van der Waals surface area contributed by atoms with Crippen LogP contribution >= 0.6 is 0 Å². The highest BCUT2D eigenvalue weighted by Gasteiger charge is 2.16. The van der Waals surface area contributed by atoms with Gasteiger partial charge in [-0.1, -0.05) is 12.2 Å². The van der Waals surface area contributed by atoms with E-state index >= 15 is 0 Å². The highest BCUT2D eigenvalue weighted by atomic mass is 16.7. The standard InChI is InChI=1S/C13H17NO3/c1-2-3-4-5-14-8-10-6-12-13(7-11(10)15)17-9-16-12/h2-3,6-7,14-15H,4-5,8-9H2,1H3/b3-2+. The molecule has 4 heteroatoms. The first-order valence-corrected chi connectivity index (χ1v) is 5.74. The van der Waals surface area contributed by atoms with Crippen LogP contribution in [0.5, 0.6) is 17.2 Å². The maximum Gasteiger partial charge on any atom is 0.231 e. The molecule has 1 aromatic rings. The second-order valence-electron chi connectivity index (χ2n) is 3.87. The van der Waals surface area contributed by atoms with E-state index in [9.17, 15) is 5.11 Å². The molecule has 4 nitrogen and oxygen atoms in total. The molecule has 0 saturated carbocycles. The Morgan fingerprint density at radius 1 is 1.35 bits per heavy atom. The summed E-state index contributed by atoms with van der Waals surface area (Å²) < 4.78 is 10.4. The van der Waals surface area contributed by atoms with Gasteiger partial charge in [-0.15, -0.1) is 0 Å². The van der Waals surface area contributed by atoms with Gasteiger partial charge >= 0.3 is 0 Å². The van der Waals surface area contributed by atoms with Crippen LogP contribution in [-0.4, -0.2) is 18.4 Å². The number of allylic oxidation sites excluding steroid dienone is 1. The van der Waals surface area contributed by atoms with E-state index in [2.05, 4.69) is 11.4 Å². The average Bonchev–Trinajstić information content (AvgIpc) is 2.76. The minimum atomic E-state index is 0.229. The maximum absolute atomic E-state index is 9.79. The Kier molecular flexibility index (Phi) is 3.88. The molecule has 1 heterocycles. The quantitative estimate of drug-likeness (QED) is 0.606. The van der Waals surface area contributed by atoms with Crippen molar-refractivity contribution in [1.82, 2.24) is 5.32 Å². The van der Waals surface area contributed by atoms with Gasteiger partial charge in [-0.25, -0.2) is 0 Å². The van der Waals surface area contributed by atoms with Crippen LogP contribution in [0.3, 0.4) is 0 Å². The van der Waals surface area contributed by atoms with Crippen molar-refractivity contribution < 1.29 is 14.6 Å². The Hall–Kier alpha value is -1.68. The van der Waals surface area contributed by atoms with Crippen molar-refractivity contribution in [3.05, 3.63) is 29.8 Å². The van der Waals surface area contributed by atoms with Gasteiger partial charge in [0.25, 0.3) is 0 Å². The molecule has 0 atom stereocenters. The predicted octanol–water partition coefficient (Wildman–Crippen LogP) is 2.18. The summed E-state index contributed by atoms with van der Waals surface area (Å²) in [6, 6.07) is 3.42. The molecule has 92 valence electrons. The minimum Gasteiger partial charge on any atom is -0.507 e. The zero-order valence-electron chi connectivity index (χ0n) is 9.90. The number of phenols is 1. The van der Waals surface area contributed by atoms with Gasteiger partial charge in [0.05, 0.1) is 0 Å². The fourth-order valence-corrected chi connectivity index (χ4v) is 1.69. The highest BCUT2D eigenvalue weighted by Crippen LogP contribution is 2.37. The smallest absolute Gasteiger partial charge is 0.231 e. The molecule has 0 fully saturated rings. The second kappa shape index (κ2) is 5.59. The third kappa shape index (κ3) is 2.91. The van der Waals surface area contributed by atoms with Crippen molar-refractivity contribution in [3.8, 4) is 17.2 Å². The van der Waals surface area contributed by atoms with Gasteiger partial charge in [0.15, 0.2) is 11.5 Å². The molecule has 2 N–H and O–H groups in total. The summed E-state index contributed by atoms with van der Waals surface area (Å²) in [5.41, 5.74) is 0.828. The van der Waals surface area contributed by atoms with E-state index in [4.69, 9.17) is 9.47 Å². The molecule has 0 unspecified atom stereocenters. The van der Waals surface area contributed by atoms with Crippen LogP contribution < -0.4 is 14.8 Å². The molecular formula is C13H17NO3. The van der Waals surface area contributed by atoms with Gasteiger partial charge in [-0.3, -0.25) is 0 Å². The number of ether oxygens (including phenoxy) is 2. The molecule has 2 rings (SSSR count). The Labute approximate surface area is 101 Å². The van der Waals surface area contributed by atoms with Crippen molar-refractivity contribution >= 4 is 0 Å². The van der Waals surface area contributed by atoms with Crippen LogP contribution in [0.1, 0.15) is 18.9 Å². The van der Waals surface area contributed by atoms with Gasteiger partial charge < -0.3 is 19.9 Å². The van der Waals surface area contributed by atoms with E-state index in [0.717, 1.165) is 18.5 Å². The van der Waals surface area contributed by atoms with E-state index in [1.165, 1.54) is 0 Å². The Morgan fingerprint density at radius 2 is 2.12 bits per heavy atom. The third-order valence-corrected chi connectivity index (χ3v) is 2.61. The summed E-state index contributed by atoms with van der Waals surface area (Å²) in [6.45, 7) is 3.74. The number of nitrogens with one attached hydrogen (secondary N) is 1. The third-order valence-electron chi connectivity index (χ3n) is 2.61. The molecule has 0 aliphatic carbocycles. The summed E-state index contributed by atoms with van der Waals surface area (Å²) in [5, 5.41) is 13.0. The van der Waals surface area contributed by atoms with Crippen LogP contribution in [0.2, 0.25) is 0 Å². The van der Waals surface area contributed by atoms with E-state index in [1.54, 1.807) is 6.07 Å². The van der Waals surface area contributed by atoms with Crippen molar-refractivity contribution in [1.29, 1.82) is 0 Å². The first-order chi connectivity index (χ1) is 8.31. The van der Waals surface area contributed by atoms with Gasteiger partial charge in [0.1, 0.15) is 5.75 Å². The summed E-state index contributed by atoms with van der Waals surface area (Å²) in [7, 11) is 0. The van der Waals surface area contributed by atoms with Crippen molar-refractivity contribution in [2.75, 3.05) is 13.3 Å². The number of benzene rings is 1. The molecule has 1 aliphatic rings.